The lowest BCUT2D eigenvalue weighted by atomic mass is 9.99. The normalized spacial score (nSPS) is 13.2. The molecule has 1 fully saturated rings. The van der Waals surface area contributed by atoms with Gasteiger partial charge in [0.1, 0.15) is 18.5 Å². The molecule has 0 saturated carbocycles. The van der Waals surface area contributed by atoms with Crippen molar-refractivity contribution in [2.45, 2.75) is 88.7 Å². The minimum absolute atomic E-state index is 0.236. The molecule has 148 valence electrons. The molecule has 1 aromatic carbocycles. The summed E-state index contributed by atoms with van der Waals surface area (Å²) in [4.78, 5) is 11.0. The smallest absolute Gasteiger partial charge is 0.150 e. The van der Waals surface area contributed by atoms with E-state index in [4.69, 9.17) is 9.47 Å². The topological polar surface area (TPSA) is 38.8 Å². The van der Waals surface area contributed by atoms with E-state index in [0.29, 0.717) is 6.61 Å². The number of ether oxygens (including phenoxy) is 2. The van der Waals surface area contributed by atoms with Crippen LogP contribution in [0.2, 0.25) is 0 Å². The van der Waals surface area contributed by atoms with Gasteiger partial charge in [-0.2, -0.15) is 0 Å². The number of hydrogen-bond donors (Lipinski definition) is 0. The van der Waals surface area contributed by atoms with Crippen molar-refractivity contribution >= 4 is 6.29 Å². The predicted octanol–water partition coefficient (Wildman–Crippen LogP) is 6.70. The molecular weight excluding hydrogens is 312 g/mol. The number of rotatable bonds is 4. The molecule has 1 unspecified atom stereocenters. The first-order valence-corrected chi connectivity index (χ1v) is 9.85. The highest BCUT2D eigenvalue weighted by molar-refractivity contribution is 5.81. The molecule has 0 N–H and O–H groups in total. The quantitative estimate of drug-likeness (QED) is 0.446. The van der Waals surface area contributed by atoms with Gasteiger partial charge in [-0.15, -0.1) is 0 Å². The van der Waals surface area contributed by atoms with Gasteiger partial charge in [0.2, 0.25) is 0 Å². The van der Waals surface area contributed by atoms with Crippen molar-refractivity contribution in [3.63, 3.8) is 0 Å². The summed E-state index contributed by atoms with van der Waals surface area (Å²) < 4.78 is 10.8. The van der Waals surface area contributed by atoms with E-state index in [0.717, 1.165) is 40.9 Å². The highest BCUT2D eigenvalue weighted by atomic mass is 16.6. The zero-order valence-corrected chi connectivity index (χ0v) is 18.6. The minimum Gasteiger partial charge on any atom is -0.490 e. The maximum Gasteiger partial charge on any atom is 0.150 e. The molecule has 0 radical (unpaired) electrons. The molecule has 1 aliphatic rings. The van der Waals surface area contributed by atoms with E-state index in [2.05, 4.69) is 13.8 Å². The third kappa shape index (κ3) is 11.8. The predicted molar refractivity (Wildman–Crippen MR) is 111 cm³/mol. The second-order valence-corrected chi connectivity index (χ2v) is 4.97. The van der Waals surface area contributed by atoms with Crippen LogP contribution in [0.5, 0.6) is 5.75 Å². The Kier molecular flexibility index (Phi) is 21.6. The molecule has 0 aliphatic carbocycles. The number of aldehydes is 1. The summed E-state index contributed by atoms with van der Waals surface area (Å²) in [5.74, 6) is 0.822. The standard InChI is InChI=1S/C13H16O3.C3H8.3C2H6/c1-8-4-9(2)13(10(3)12(8)5-14)16-7-11-6-15-11;1-3-2;3*1-2/h4-5,11H,6-7H2,1-3H3;3H2,1-2H3;3*1-2H3. The lowest BCUT2D eigenvalue weighted by Crippen LogP contribution is -2.08. The van der Waals surface area contributed by atoms with Crippen molar-refractivity contribution in [2.75, 3.05) is 13.2 Å². The van der Waals surface area contributed by atoms with Gasteiger partial charge < -0.3 is 9.47 Å². The molecule has 1 aromatic rings. The molecule has 1 heterocycles. The minimum atomic E-state index is 0.236. The molecule has 3 nitrogen and oxygen atoms in total. The number of benzene rings is 1. The molecule has 0 spiro atoms. The fraction of sp³-hybridized carbons (Fsp3) is 0.682. The Morgan fingerprint density at radius 1 is 1.04 bits per heavy atom. The number of epoxide rings is 1. The van der Waals surface area contributed by atoms with E-state index in [1.54, 1.807) is 0 Å². The summed E-state index contributed by atoms with van der Waals surface area (Å²) in [6.07, 6.45) is 2.38. The average molecular weight is 355 g/mol. The monoisotopic (exact) mass is 354 g/mol. The van der Waals surface area contributed by atoms with E-state index in [1.165, 1.54) is 6.42 Å². The SMILES string of the molecule is CC.CC.CC.CCC.Cc1cc(C)c(OCC2CO2)c(C)c1C=O. The lowest BCUT2D eigenvalue weighted by molar-refractivity contribution is 0.112. The number of carbonyl (C=O) groups is 1. The van der Waals surface area contributed by atoms with Crippen molar-refractivity contribution in [1.29, 1.82) is 0 Å². The average Bonchev–Trinajstić information content (AvgIpc) is 3.45. The summed E-state index contributed by atoms with van der Waals surface area (Å²) >= 11 is 0. The zero-order valence-electron chi connectivity index (χ0n) is 18.6. The lowest BCUT2D eigenvalue weighted by Gasteiger charge is -2.14. The Hall–Kier alpha value is -1.35. The molecule has 0 amide bonds. The van der Waals surface area contributed by atoms with Gasteiger partial charge in [-0.05, 0) is 31.9 Å². The first-order valence-electron chi connectivity index (χ1n) is 9.85. The third-order valence-corrected chi connectivity index (χ3v) is 2.89. The Bertz CT molecular complexity index is 435. The van der Waals surface area contributed by atoms with E-state index >= 15 is 0 Å². The Morgan fingerprint density at radius 3 is 1.84 bits per heavy atom. The van der Waals surface area contributed by atoms with Gasteiger partial charge in [0, 0.05) is 11.1 Å². The Labute approximate surface area is 157 Å². The fourth-order valence-corrected chi connectivity index (χ4v) is 1.93. The second-order valence-electron chi connectivity index (χ2n) is 4.97. The molecule has 0 aromatic heterocycles. The van der Waals surface area contributed by atoms with E-state index in [9.17, 15) is 4.79 Å². The molecule has 1 atom stereocenters. The van der Waals surface area contributed by atoms with Crippen LogP contribution in [-0.4, -0.2) is 25.6 Å². The van der Waals surface area contributed by atoms with Crippen molar-refractivity contribution in [3.8, 4) is 5.75 Å². The second kappa shape index (κ2) is 19.0. The molecule has 1 aliphatic heterocycles. The first kappa shape index (κ1) is 28.5. The van der Waals surface area contributed by atoms with Gasteiger partial charge in [0.15, 0.2) is 6.29 Å². The summed E-state index contributed by atoms with van der Waals surface area (Å²) in [5, 5.41) is 0. The van der Waals surface area contributed by atoms with Crippen molar-refractivity contribution in [3.05, 3.63) is 28.3 Å². The van der Waals surface area contributed by atoms with Crippen LogP contribution < -0.4 is 4.74 Å². The van der Waals surface area contributed by atoms with Crippen LogP contribution in [0.3, 0.4) is 0 Å². The summed E-state index contributed by atoms with van der Waals surface area (Å²) in [5.41, 5.74) is 3.73. The maximum absolute atomic E-state index is 11.0. The van der Waals surface area contributed by atoms with Crippen LogP contribution in [0, 0.1) is 20.8 Å². The van der Waals surface area contributed by atoms with E-state index < -0.39 is 0 Å². The largest absolute Gasteiger partial charge is 0.490 e. The van der Waals surface area contributed by atoms with Gasteiger partial charge in [0.05, 0.1) is 6.61 Å². The molecule has 1 saturated heterocycles. The molecular formula is C22H42O3. The number of aryl methyl sites for hydroxylation is 2. The molecule has 3 heteroatoms. The summed E-state index contributed by atoms with van der Waals surface area (Å²) in [6.45, 7) is 23.5. The van der Waals surface area contributed by atoms with Gasteiger partial charge in [-0.25, -0.2) is 0 Å². The maximum atomic E-state index is 11.0. The molecule has 0 bridgehead atoms. The number of carbonyl (C=O) groups excluding carboxylic acids is 1. The summed E-state index contributed by atoms with van der Waals surface area (Å²) in [6, 6.07) is 1.99. The number of hydrogen-bond acceptors (Lipinski definition) is 3. The van der Waals surface area contributed by atoms with Crippen molar-refractivity contribution < 1.29 is 14.3 Å². The third-order valence-electron chi connectivity index (χ3n) is 2.89. The van der Waals surface area contributed by atoms with Crippen molar-refractivity contribution in [2.24, 2.45) is 0 Å². The van der Waals surface area contributed by atoms with Gasteiger partial charge in [0.25, 0.3) is 0 Å². The highest BCUT2D eigenvalue weighted by Crippen LogP contribution is 2.28. The van der Waals surface area contributed by atoms with Gasteiger partial charge >= 0.3 is 0 Å². The van der Waals surface area contributed by atoms with Crippen LogP contribution in [-0.2, 0) is 4.74 Å². The van der Waals surface area contributed by atoms with Gasteiger partial charge in [-0.1, -0.05) is 67.9 Å². The highest BCUT2D eigenvalue weighted by Gasteiger charge is 2.24. The van der Waals surface area contributed by atoms with E-state index in [-0.39, 0.29) is 6.10 Å². The van der Waals surface area contributed by atoms with Gasteiger partial charge in [-0.3, -0.25) is 4.79 Å². The van der Waals surface area contributed by atoms with E-state index in [1.807, 2.05) is 68.4 Å². The van der Waals surface area contributed by atoms with Crippen LogP contribution in [0.4, 0.5) is 0 Å². The Morgan fingerprint density at radius 2 is 1.48 bits per heavy atom. The van der Waals surface area contributed by atoms with Crippen molar-refractivity contribution in [1.82, 2.24) is 0 Å². The van der Waals surface area contributed by atoms with Crippen LogP contribution in [0.1, 0.15) is 88.9 Å². The summed E-state index contributed by atoms with van der Waals surface area (Å²) in [7, 11) is 0. The molecule has 2 rings (SSSR count). The molecule has 25 heavy (non-hydrogen) atoms. The van der Waals surface area contributed by atoms with Crippen LogP contribution >= 0.6 is 0 Å². The van der Waals surface area contributed by atoms with Crippen LogP contribution in [0.25, 0.3) is 0 Å². The first-order chi connectivity index (χ1) is 12.0. The zero-order chi connectivity index (χ0) is 20.4. The van der Waals surface area contributed by atoms with Crippen LogP contribution in [0.15, 0.2) is 6.07 Å². The fourth-order valence-electron chi connectivity index (χ4n) is 1.93. The Balaban J connectivity index is -0.000000464.